The molecule has 0 unspecified atom stereocenters. The van der Waals surface area contributed by atoms with Gasteiger partial charge in [0.05, 0.1) is 30.8 Å². The van der Waals surface area contributed by atoms with Crippen molar-refractivity contribution in [1.29, 1.82) is 0 Å². The molecule has 0 atom stereocenters. The number of carbonyl (C=O) groups is 1. The zero-order chi connectivity index (χ0) is 20.5. The van der Waals surface area contributed by atoms with E-state index < -0.39 is 4.92 Å². The fourth-order valence-corrected chi connectivity index (χ4v) is 2.50. The summed E-state index contributed by atoms with van der Waals surface area (Å²) in [6.45, 7) is 4.06. The van der Waals surface area contributed by atoms with Gasteiger partial charge >= 0.3 is 5.69 Å². The molecule has 0 radical (unpaired) electrons. The highest BCUT2D eigenvalue weighted by Crippen LogP contribution is 2.38. The topological polar surface area (TPSA) is 103 Å². The second-order valence-corrected chi connectivity index (χ2v) is 6.02. The Bertz CT molecular complexity index is 869. The van der Waals surface area contributed by atoms with Crippen LogP contribution in [0.15, 0.2) is 41.5 Å². The largest absolute Gasteiger partial charge is 0.490 e. The van der Waals surface area contributed by atoms with Crippen molar-refractivity contribution in [2.45, 2.75) is 20.3 Å². The van der Waals surface area contributed by atoms with E-state index >= 15 is 0 Å². The number of hydrazone groups is 1. The van der Waals surface area contributed by atoms with Crippen LogP contribution in [0.4, 0.5) is 5.69 Å². The zero-order valence-electron chi connectivity index (χ0n) is 15.5. The minimum atomic E-state index is -0.552. The number of ether oxygens (including phenoxy) is 2. The fraction of sp³-hybridized carbons (Fsp3) is 0.263. The highest BCUT2D eigenvalue weighted by atomic mass is 35.5. The number of benzene rings is 2. The summed E-state index contributed by atoms with van der Waals surface area (Å²) in [4.78, 5) is 22.8. The van der Waals surface area contributed by atoms with Crippen molar-refractivity contribution in [3.05, 3.63) is 62.7 Å². The third-order valence-corrected chi connectivity index (χ3v) is 3.78. The van der Waals surface area contributed by atoms with E-state index in [4.69, 9.17) is 21.1 Å². The third-order valence-electron chi connectivity index (χ3n) is 3.52. The predicted molar refractivity (Wildman–Crippen MR) is 106 cm³/mol. The molecule has 0 aromatic heterocycles. The van der Waals surface area contributed by atoms with Crippen molar-refractivity contribution in [2.24, 2.45) is 5.10 Å². The van der Waals surface area contributed by atoms with Crippen molar-refractivity contribution >= 4 is 29.4 Å². The molecular weight excluding hydrogens is 386 g/mol. The molecular formula is C19H20ClN3O5. The average molecular weight is 406 g/mol. The Balaban J connectivity index is 2.14. The monoisotopic (exact) mass is 405 g/mol. The van der Waals surface area contributed by atoms with Crippen LogP contribution in [-0.2, 0) is 11.2 Å². The molecule has 1 amide bonds. The summed E-state index contributed by atoms with van der Waals surface area (Å²) < 4.78 is 10.8. The lowest BCUT2D eigenvalue weighted by atomic mass is 10.1. The van der Waals surface area contributed by atoms with Gasteiger partial charge in [0.2, 0.25) is 11.7 Å². The molecule has 8 nitrogen and oxygen atoms in total. The number of halogens is 1. The van der Waals surface area contributed by atoms with Gasteiger partial charge < -0.3 is 9.47 Å². The van der Waals surface area contributed by atoms with Crippen molar-refractivity contribution < 1.29 is 19.2 Å². The SMILES string of the molecule is CCOc1cc(/C=N\NC(=O)Cc2ccc(Cl)cc2)cc([N+](=O)[O-])c1OCC. The number of nitrogens with one attached hydrogen (secondary N) is 1. The maximum atomic E-state index is 12.0. The molecule has 1 N–H and O–H groups in total. The third kappa shape index (κ3) is 5.95. The Labute approximate surface area is 167 Å². The number of hydrogen-bond acceptors (Lipinski definition) is 6. The van der Waals surface area contributed by atoms with Crippen LogP contribution >= 0.6 is 11.6 Å². The Kier molecular flexibility index (Phi) is 7.76. The Morgan fingerprint density at radius 3 is 2.50 bits per heavy atom. The second kappa shape index (κ2) is 10.3. The molecule has 0 aliphatic carbocycles. The number of nitro benzene ring substituents is 1. The first-order chi connectivity index (χ1) is 13.4. The van der Waals surface area contributed by atoms with E-state index in [2.05, 4.69) is 10.5 Å². The van der Waals surface area contributed by atoms with E-state index in [1.54, 1.807) is 44.2 Å². The van der Waals surface area contributed by atoms with Gasteiger partial charge in [-0.25, -0.2) is 5.43 Å². The standard InChI is InChI=1S/C19H20ClN3O5/c1-3-27-17-10-14(9-16(23(25)26)19(17)28-4-2)12-21-22-18(24)11-13-5-7-15(20)8-6-13/h5-10,12H,3-4,11H2,1-2H3,(H,22,24)/b21-12-. The van der Waals surface area contributed by atoms with Gasteiger partial charge in [0.15, 0.2) is 5.75 Å². The van der Waals surface area contributed by atoms with Crippen LogP contribution in [0.25, 0.3) is 0 Å². The number of amides is 1. The van der Waals surface area contributed by atoms with Gasteiger partial charge in [-0.05, 0) is 37.6 Å². The molecule has 148 valence electrons. The molecule has 28 heavy (non-hydrogen) atoms. The molecule has 0 heterocycles. The van der Waals surface area contributed by atoms with E-state index in [1.807, 2.05) is 0 Å². The van der Waals surface area contributed by atoms with Crippen LogP contribution in [0.3, 0.4) is 0 Å². The van der Waals surface area contributed by atoms with Crippen molar-refractivity contribution in [2.75, 3.05) is 13.2 Å². The van der Waals surface area contributed by atoms with Crippen LogP contribution in [0, 0.1) is 10.1 Å². The lowest BCUT2D eigenvalue weighted by Gasteiger charge is -2.11. The molecule has 0 aliphatic heterocycles. The Morgan fingerprint density at radius 1 is 1.21 bits per heavy atom. The maximum absolute atomic E-state index is 12.0. The molecule has 0 spiro atoms. The quantitative estimate of drug-likeness (QED) is 0.389. The van der Waals surface area contributed by atoms with E-state index in [1.165, 1.54) is 12.3 Å². The van der Waals surface area contributed by atoms with Crippen molar-refractivity contribution in [3.8, 4) is 11.5 Å². The minimum absolute atomic E-state index is 0.0678. The average Bonchev–Trinajstić information content (AvgIpc) is 2.65. The van der Waals surface area contributed by atoms with Gasteiger partial charge in [-0.15, -0.1) is 0 Å². The highest BCUT2D eigenvalue weighted by Gasteiger charge is 2.22. The number of nitro groups is 1. The van der Waals surface area contributed by atoms with Crippen LogP contribution in [0.1, 0.15) is 25.0 Å². The summed E-state index contributed by atoms with van der Waals surface area (Å²) >= 11 is 5.81. The van der Waals surface area contributed by atoms with E-state index in [0.717, 1.165) is 5.56 Å². The molecule has 9 heteroatoms. The molecule has 0 saturated carbocycles. The lowest BCUT2D eigenvalue weighted by molar-refractivity contribution is -0.385. The molecule has 0 saturated heterocycles. The molecule has 2 aromatic carbocycles. The summed E-state index contributed by atoms with van der Waals surface area (Å²) in [6, 6.07) is 9.76. The molecule has 0 fully saturated rings. The number of nitrogens with zero attached hydrogens (tertiary/aromatic N) is 2. The molecule has 0 aliphatic rings. The maximum Gasteiger partial charge on any atom is 0.315 e. The van der Waals surface area contributed by atoms with Gasteiger partial charge in [0.25, 0.3) is 0 Å². The van der Waals surface area contributed by atoms with Gasteiger partial charge in [-0.2, -0.15) is 5.10 Å². The highest BCUT2D eigenvalue weighted by molar-refractivity contribution is 6.30. The number of hydrogen-bond donors (Lipinski definition) is 1. The summed E-state index contributed by atoms with van der Waals surface area (Å²) in [5, 5.41) is 15.8. The predicted octanol–water partition coefficient (Wildman–Crippen LogP) is 3.74. The lowest BCUT2D eigenvalue weighted by Crippen LogP contribution is -2.19. The molecule has 2 rings (SSSR count). The van der Waals surface area contributed by atoms with Gasteiger partial charge in [0.1, 0.15) is 0 Å². The summed E-state index contributed by atoms with van der Waals surface area (Å²) in [7, 11) is 0. The second-order valence-electron chi connectivity index (χ2n) is 5.59. The summed E-state index contributed by atoms with van der Waals surface area (Å²) in [5.41, 5.74) is 3.33. The van der Waals surface area contributed by atoms with Gasteiger partial charge in [0, 0.05) is 16.7 Å². The Hall–Kier alpha value is -3.13. The normalized spacial score (nSPS) is 10.7. The first-order valence-corrected chi connectivity index (χ1v) is 8.96. The molecule has 0 bridgehead atoms. The smallest absolute Gasteiger partial charge is 0.315 e. The van der Waals surface area contributed by atoms with Crippen LogP contribution in [0.2, 0.25) is 5.02 Å². The van der Waals surface area contributed by atoms with E-state index in [9.17, 15) is 14.9 Å². The van der Waals surface area contributed by atoms with Crippen LogP contribution in [0.5, 0.6) is 11.5 Å². The summed E-state index contributed by atoms with van der Waals surface area (Å²) in [5.74, 6) is -0.0187. The van der Waals surface area contributed by atoms with Crippen molar-refractivity contribution in [1.82, 2.24) is 5.43 Å². The van der Waals surface area contributed by atoms with E-state index in [0.29, 0.717) is 17.2 Å². The number of rotatable bonds is 9. The van der Waals surface area contributed by atoms with Gasteiger partial charge in [-0.1, -0.05) is 23.7 Å². The minimum Gasteiger partial charge on any atom is -0.490 e. The first-order valence-electron chi connectivity index (χ1n) is 8.59. The van der Waals surface area contributed by atoms with Crippen LogP contribution < -0.4 is 14.9 Å². The Morgan fingerprint density at radius 2 is 1.89 bits per heavy atom. The molecule has 2 aromatic rings. The van der Waals surface area contributed by atoms with E-state index in [-0.39, 0.29) is 36.1 Å². The van der Waals surface area contributed by atoms with Crippen molar-refractivity contribution in [3.63, 3.8) is 0 Å². The summed E-state index contributed by atoms with van der Waals surface area (Å²) in [6.07, 6.45) is 1.44. The van der Waals surface area contributed by atoms with Crippen LogP contribution in [-0.4, -0.2) is 30.3 Å². The fourth-order valence-electron chi connectivity index (χ4n) is 2.38. The number of carbonyl (C=O) groups excluding carboxylic acids is 1. The van der Waals surface area contributed by atoms with Gasteiger partial charge in [-0.3, -0.25) is 14.9 Å². The zero-order valence-corrected chi connectivity index (χ0v) is 16.2. The first kappa shape index (κ1) is 21.2.